The molecule has 2 aliphatic rings. The van der Waals surface area contributed by atoms with Crippen molar-refractivity contribution in [2.24, 2.45) is 0 Å². The number of rotatable bonds is 12. The summed E-state index contributed by atoms with van der Waals surface area (Å²) < 4.78 is 57.0. The van der Waals surface area contributed by atoms with Gasteiger partial charge in [0.15, 0.2) is 19.7 Å². The first-order valence-corrected chi connectivity index (χ1v) is 22.2. The third-order valence-corrected chi connectivity index (χ3v) is 14.9. The minimum atomic E-state index is -3.70. The van der Waals surface area contributed by atoms with Crippen molar-refractivity contribution < 1.29 is 16.8 Å². The van der Waals surface area contributed by atoms with Crippen LogP contribution in [0.25, 0.3) is 27.9 Å². The number of likely N-dealkylation sites (N-methyl/N-ethyl adjacent to an activating group) is 2. The minimum Gasteiger partial charge on any atom is -0.361 e. The van der Waals surface area contributed by atoms with Gasteiger partial charge in [-0.3, -0.25) is 0 Å². The smallest absolute Gasteiger partial charge is 0.199 e. The number of aromatic nitrogens is 2. The predicted molar refractivity (Wildman–Crippen MR) is 218 cm³/mol. The number of benzene rings is 4. The summed E-state index contributed by atoms with van der Waals surface area (Å²) in [6.45, 7) is 2.15. The van der Waals surface area contributed by atoms with Crippen molar-refractivity contribution >= 4 is 47.6 Å². The van der Waals surface area contributed by atoms with Gasteiger partial charge in [0.05, 0.1) is 21.6 Å². The van der Waals surface area contributed by atoms with E-state index >= 15 is 0 Å². The van der Waals surface area contributed by atoms with Crippen LogP contribution in [0.5, 0.6) is 0 Å². The number of likely N-dealkylation sites (tertiary alicyclic amines) is 2. The Morgan fingerprint density at radius 3 is 2.04 bits per heavy atom. The molecule has 0 spiro atoms. The van der Waals surface area contributed by atoms with E-state index in [0.29, 0.717) is 17.0 Å². The van der Waals surface area contributed by atoms with Gasteiger partial charge in [-0.2, -0.15) is 0 Å². The van der Waals surface area contributed by atoms with Crippen molar-refractivity contribution in [1.29, 1.82) is 0 Å². The fourth-order valence-corrected chi connectivity index (χ4v) is 11.1. The molecule has 3 atom stereocenters. The molecule has 0 saturated carbocycles. The van der Waals surface area contributed by atoms with E-state index in [1.807, 2.05) is 18.2 Å². The number of nitrogens with one attached hydrogen (secondary N) is 1. The molecular weight excluding hydrogens is 713 g/mol. The van der Waals surface area contributed by atoms with Gasteiger partial charge in [0.2, 0.25) is 0 Å². The van der Waals surface area contributed by atoms with Gasteiger partial charge in [-0.15, -0.1) is 0 Å². The van der Waals surface area contributed by atoms with E-state index in [0.717, 1.165) is 77.3 Å². The van der Waals surface area contributed by atoms with E-state index in [4.69, 9.17) is 0 Å². The van der Waals surface area contributed by atoms with Crippen molar-refractivity contribution in [1.82, 2.24) is 19.4 Å². The van der Waals surface area contributed by atoms with Crippen LogP contribution in [0.15, 0.2) is 125 Å². The van der Waals surface area contributed by atoms with E-state index in [1.54, 1.807) is 60.7 Å². The topological polar surface area (TPSA) is 95.5 Å². The number of sulfone groups is 2. The highest BCUT2D eigenvalue weighted by Crippen LogP contribution is 2.36. The van der Waals surface area contributed by atoms with Crippen LogP contribution in [0.4, 0.5) is 0 Å². The zero-order chi connectivity index (χ0) is 37.5. The number of H-pyrrole nitrogens is 1. The molecule has 2 fully saturated rings. The molecular formula is C44H48N4O4S2. The summed E-state index contributed by atoms with van der Waals surface area (Å²) in [5, 5.41) is 3.41. The van der Waals surface area contributed by atoms with Gasteiger partial charge in [0, 0.05) is 51.7 Å². The largest absolute Gasteiger partial charge is 0.361 e. The van der Waals surface area contributed by atoms with Crippen LogP contribution in [0.1, 0.15) is 54.0 Å². The summed E-state index contributed by atoms with van der Waals surface area (Å²) in [7, 11) is -2.97. The van der Waals surface area contributed by atoms with Gasteiger partial charge in [-0.05, 0) is 143 Å². The molecule has 54 heavy (non-hydrogen) atoms. The lowest BCUT2D eigenvalue weighted by molar-refractivity contribution is 0.309. The SMILES string of the molecule is CN1CCC[C@@H]1Cc1c[nH]c2ccc(C(CS(=O)(=O)c3ccccc3)n3cc(C[C@H]4CCCN4C)c4cc(C=CS(=O)(=O)c5ccccc5)ccc43)cc12. The van der Waals surface area contributed by atoms with Crippen LogP contribution < -0.4 is 0 Å². The molecule has 1 unspecified atom stereocenters. The van der Waals surface area contributed by atoms with Crippen molar-refractivity contribution in [3.8, 4) is 0 Å². The number of aromatic amines is 1. The first kappa shape index (κ1) is 36.5. The minimum absolute atomic E-state index is 0.114. The third-order valence-electron chi connectivity index (χ3n) is 11.7. The number of hydrogen-bond donors (Lipinski definition) is 1. The molecule has 10 heteroatoms. The number of nitrogens with zero attached hydrogens (tertiary/aromatic N) is 3. The Balaban J connectivity index is 1.25. The highest BCUT2D eigenvalue weighted by molar-refractivity contribution is 7.94. The second kappa shape index (κ2) is 15.0. The average molecular weight is 761 g/mol. The molecule has 0 aliphatic carbocycles. The molecule has 4 heterocycles. The van der Waals surface area contributed by atoms with Crippen molar-refractivity contribution in [2.75, 3.05) is 32.9 Å². The lowest BCUT2D eigenvalue weighted by atomic mass is 10.00. The summed E-state index contributed by atoms with van der Waals surface area (Å²) in [5.41, 5.74) is 6.04. The van der Waals surface area contributed by atoms with Gasteiger partial charge < -0.3 is 19.4 Å². The Kier molecular flexibility index (Phi) is 10.1. The predicted octanol–water partition coefficient (Wildman–Crippen LogP) is 7.90. The Hall–Kier alpha value is -4.48. The Bertz CT molecular complexity index is 2530. The van der Waals surface area contributed by atoms with Gasteiger partial charge in [0.1, 0.15) is 0 Å². The van der Waals surface area contributed by atoms with Crippen molar-refractivity contribution in [3.05, 3.63) is 137 Å². The molecule has 0 amide bonds. The van der Waals surface area contributed by atoms with Gasteiger partial charge in [-0.25, -0.2) is 16.8 Å². The number of fused-ring (bicyclic) bond motifs is 2. The molecule has 2 aliphatic heterocycles. The van der Waals surface area contributed by atoms with Crippen LogP contribution in [0, 0.1) is 0 Å². The Labute approximate surface area is 319 Å². The van der Waals surface area contributed by atoms with E-state index in [9.17, 15) is 16.8 Å². The second-order valence-corrected chi connectivity index (χ2v) is 19.1. The van der Waals surface area contributed by atoms with Gasteiger partial charge >= 0.3 is 0 Å². The quantitative estimate of drug-likeness (QED) is 0.136. The highest BCUT2D eigenvalue weighted by Gasteiger charge is 2.29. The first-order chi connectivity index (χ1) is 26.1. The second-order valence-electron chi connectivity index (χ2n) is 15.2. The van der Waals surface area contributed by atoms with Gasteiger partial charge in [-0.1, -0.05) is 48.5 Å². The van der Waals surface area contributed by atoms with Crippen molar-refractivity contribution in [2.45, 2.75) is 66.4 Å². The molecule has 8 nitrogen and oxygen atoms in total. The van der Waals surface area contributed by atoms with E-state index < -0.39 is 25.7 Å². The lowest BCUT2D eigenvalue weighted by Gasteiger charge is -2.22. The van der Waals surface area contributed by atoms with Crippen LogP contribution in [-0.4, -0.2) is 81.2 Å². The molecule has 0 radical (unpaired) electrons. The fraction of sp³-hybridized carbons (Fsp3) is 0.318. The van der Waals surface area contributed by atoms with E-state index in [2.05, 4.69) is 70.1 Å². The molecule has 2 aromatic heterocycles. The van der Waals surface area contributed by atoms with Crippen molar-refractivity contribution in [3.63, 3.8) is 0 Å². The molecule has 0 bridgehead atoms. The fourth-order valence-electron chi connectivity index (χ4n) is 8.55. The molecule has 1 N–H and O–H groups in total. The summed E-state index contributed by atoms with van der Waals surface area (Å²) in [5.74, 6) is -0.114. The van der Waals surface area contributed by atoms with Crippen LogP contribution in [0.3, 0.4) is 0 Å². The normalized spacial score (nSPS) is 19.4. The highest BCUT2D eigenvalue weighted by atomic mass is 32.2. The molecule has 6 aromatic rings. The number of hydrogen-bond acceptors (Lipinski definition) is 6. The maximum absolute atomic E-state index is 14.3. The maximum atomic E-state index is 14.3. The van der Waals surface area contributed by atoms with Crippen LogP contribution in [0.2, 0.25) is 0 Å². The Morgan fingerprint density at radius 2 is 1.39 bits per heavy atom. The standard InChI is InChI=1S/C44H48N4O4S2/c1-46-22-9-11-36(46)26-34-29-45-42-19-18-33(28-40(34)42)44(31-54(51,52)39-15-7-4-8-16-39)48-30-35(27-37-12-10-23-47(37)2)41-25-32(17-20-43(41)48)21-24-53(49,50)38-13-5-3-6-14-38/h3-8,13-21,24-25,28-30,36-37,44-45H,9-12,22-23,26-27,31H2,1-2H3/t36-,37-,44?/m1/s1. The lowest BCUT2D eigenvalue weighted by Crippen LogP contribution is -2.26. The molecule has 8 rings (SSSR count). The summed E-state index contributed by atoms with van der Waals surface area (Å²) in [6.07, 6.45) is 12.3. The molecule has 4 aromatic carbocycles. The van der Waals surface area contributed by atoms with Crippen LogP contribution in [-0.2, 0) is 32.5 Å². The zero-order valence-corrected chi connectivity index (χ0v) is 32.6. The monoisotopic (exact) mass is 760 g/mol. The van der Waals surface area contributed by atoms with E-state index in [-0.39, 0.29) is 10.6 Å². The average Bonchev–Trinajstić information content (AvgIpc) is 3.98. The summed E-state index contributed by atoms with van der Waals surface area (Å²) in [4.78, 5) is 8.87. The molecule has 280 valence electrons. The first-order valence-electron chi connectivity index (χ1n) is 19.0. The van der Waals surface area contributed by atoms with Gasteiger partial charge in [0.25, 0.3) is 0 Å². The molecule has 2 saturated heterocycles. The van der Waals surface area contributed by atoms with Crippen LogP contribution >= 0.6 is 0 Å². The Morgan fingerprint density at radius 1 is 0.741 bits per heavy atom. The summed E-state index contributed by atoms with van der Waals surface area (Å²) in [6, 6.07) is 29.9. The summed E-state index contributed by atoms with van der Waals surface area (Å²) >= 11 is 0. The third kappa shape index (κ3) is 7.45. The van der Waals surface area contributed by atoms with E-state index in [1.165, 1.54) is 23.8 Å². The zero-order valence-electron chi connectivity index (χ0n) is 30.9. The maximum Gasteiger partial charge on any atom is 0.199 e.